The van der Waals surface area contributed by atoms with E-state index in [0.717, 1.165) is 41.5 Å². The Balaban J connectivity index is 2.13. The lowest BCUT2D eigenvalue weighted by molar-refractivity contribution is 0.341. The molecule has 0 aliphatic carbocycles. The normalized spacial score (nSPS) is 10.6. The summed E-state index contributed by atoms with van der Waals surface area (Å²) in [6, 6.07) is 8.06. The molecule has 0 saturated heterocycles. The minimum absolute atomic E-state index is 0.673. The molecule has 0 saturated carbocycles. The maximum absolute atomic E-state index is 5.65. The van der Waals surface area contributed by atoms with Crippen LogP contribution in [-0.2, 0) is 6.54 Å². The van der Waals surface area contributed by atoms with E-state index >= 15 is 0 Å². The number of ether oxygens (including phenoxy) is 1. The third-order valence-corrected chi connectivity index (χ3v) is 3.57. The Labute approximate surface area is 118 Å². The Morgan fingerprint density at radius 2 is 2.11 bits per heavy atom. The molecule has 1 aromatic heterocycles. The zero-order chi connectivity index (χ0) is 13.5. The summed E-state index contributed by atoms with van der Waals surface area (Å²) in [4.78, 5) is 4.67. The number of benzene rings is 1. The lowest BCUT2D eigenvalue weighted by Crippen LogP contribution is -2.13. The fourth-order valence-electron chi connectivity index (χ4n) is 1.85. The monoisotopic (exact) mass is 276 g/mol. The zero-order valence-corrected chi connectivity index (χ0v) is 12.3. The van der Waals surface area contributed by atoms with Crippen molar-refractivity contribution in [3.8, 4) is 17.0 Å². The second-order valence-corrected chi connectivity index (χ2v) is 5.18. The highest BCUT2D eigenvalue weighted by molar-refractivity contribution is 7.09. The van der Waals surface area contributed by atoms with Gasteiger partial charge in [-0.25, -0.2) is 4.98 Å². The van der Waals surface area contributed by atoms with E-state index < -0.39 is 0 Å². The molecule has 2 rings (SSSR count). The van der Waals surface area contributed by atoms with Gasteiger partial charge in [-0.2, -0.15) is 0 Å². The Kier molecular flexibility index (Phi) is 5.36. The van der Waals surface area contributed by atoms with Gasteiger partial charge in [0.1, 0.15) is 10.8 Å². The number of aromatic nitrogens is 1. The summed E-state index contributed by atoms with van der Waals surface area (Å²) in [6.45, 7) is 6.71. The first-order valence-corrected chi connectivity index (χ1v) is 7.60. The number of hydrogen-bond donors (Lipinski definition) is 1. The molecule has 1 aromatic carbocycles. The van der Waals surface area contributed by atoms with Crippen molar-refractivity contribution in [1.82, 2.24) is 10.3 Å². The first-order chi connectivity index (χ1) is 9.35. The van der Waals surface area contributed by atoms with Crippen molar-refractivity contribution in [1.29, 1.82) is 0 Å². The maximum Gasteiger partial charge on any atom is 0.128 e. The third-order valence-electron chi connectivity index (χ3n) is 2.72. The molecule has 2 aromatic rings. The van der Waals surface area contributed by atoms with Crippen molar-refractivity contribution in [3.05, 3.63) is 34.7 Å². The van der Waals surface area contributed by atoms with E-state index in [-0.39, 0.29) is 0 Å². The molecule has 0 aliphatic rings. The molecule has 0 fully saturated rings. The topological polar surface area (TPSA) is 34.2 Å². The van der Waals surface area contributed by atoms with E-state index in [1.54, 1.807) is 11.3 Å². The van der Waals surface area contributed by atoms with Gasteiger partial charge in [-0.05, 0) is 32.0 Å². The molecule has 102 valence electrons. The SMILES string of the molecule is CCCNCc1nc(-c2ccccc2OCC)cs1. The van der Waals surface area contributed by atoms with Crippen molar-refractivity contribution in [2.45, 2.75) is 26.8 Å². The van der Waals surface area contributed by atoms with Crippen LogP contribution in [0.2, 0.25) is 0 Å². The van der Waals surface area contributed by atoms with Crippen LogP contribution in [0.1, 0.15) is 25.3 Å². The number of hydrogen-bond acceptors (Lipinski definition) is 4. The molecule has 0 spiro atoms. The molecule has 0 aliphatic heterocycles. The minimum atomic E-state index is 0.673. The largest absolute Gasteiger partial charge is 0.493 e. The highest BCUT2D eigenvalue weighted by Gasteiger charge is 2.09. The maximum atomic E-state index is 5.65. The van der Waals surface area contributed by atoms with Crippen LogP contribution >= 0.6 is 11.3 Å². The average Bonchev–Trinajstić information content (AvgIpc) is 2.89. The first kappa shape index (κ1) is 14.0. The number of nitrogens with one attached hydrogen (secondary N) is 1. The molecule has 3 nitrogen and oxygen atoms in total. The van der Waals surface area contributed by atoms with Gasteiger partial charge in [0.2, 0.25) is 0 Å². The van der Waals surface area contributed by atoms with Crippen LogP contribution < -0.4 is 10.1 Å². The van der Waals surface area contributed by atoms with Gasteiger partial charge in [-0.15, -0.1) is 11.3 Å². The average molecular weight is 276 g/mol. The Bertz CT molecular complexity index is 510. The summed E-state index contributed by atoms with van der Waals surface area (Å²) in [7, 11) is 0. The smallest absolute Gasteiger partial charge is 0.128 e. The van der Waals surface area contributed by atoms with Crippen LogP contribution in [0.3, 0.4) is 0 Å². The molecule has 0 radical (unpaired) electrons. The lowest BCUT2D eigenvalue weighted by atomic mass is 10.1. The highest BCUT2D eigenvalue weighted by Crippen LogP contribution is 2.30. The molecule has 0 unspecified atom stereocenters. The van der Waals surface area contributed by atoms with E-state index in [1.807, 2.05) is 25.1 Å². The Morgan fingerprint density at radius 3 is 2.89 bits per heavy atom. The van der Waals surface area contributed by atoms with E-state index in [4.69, 9.17) is 4.74 Å². The molecule has 4 heteroatoms. The van der Waals surface area contributed by atoms with Gasteiger partial charge in [-0.1, -0.05) is 19.1 Å². The molecular weight excluding hydrogens is 256 g/mol. The zero-order valence-electron chi connectivity index (χ0n) is 11.5. The summed E-state index contributed by atoms with van der Waals surface area (Å²) >= 11 is 1.69. The number of rotatable bonds is 7. The van der Waals surface area contributed by atoms with E-state index in [2.05, 4.69) is 28.7 Å². The van der Waals surface area contributed by atoms with E-state index in [0.29, 0.717) is 6.61 Å². The van der Waals surface area contributed by atoms with Gasteiger partial charge in [0.05, 0.1) is 12.3 Å². The summed E-state index contributed by atoms with van der Waals surface area (Å²) in [5, 5.41) is 6.59. The van der Waals surface area contributed by atoms with E-state index in [9.17, 15) is 0 Å². The van der Waals surface area contributed by atoms with Crippen molar-refractivity contribution in [2.75, 3.05) is 13.2 Å². The minimum Gasteiger partial charge on any atom is -0.493 e. The first-order valence-electron chi connectivity index (χ1n) is 6.72. The summed E-state index contributed by atoms with van der Waals surface area (Å²) in [5.41, 5.74) is 2.07. The lowest BCUT2D eigenvalue weighted by Gasteiger charge is -2.07. The second kappa shape index (κ2) is 7.26. The molecular formula is C15H20N2OS. The summed E-state index contributed by atoms with van der Waals surface area (Å²) in [6.07, 6.45) is 1.14. The van der Waals surface area contributed by atoms with Gasteiger partial charge in [0.25, 0.3) is 0 Å². The quantitative estimate of drug-likeness (QED) is 0.783. The predicted molar refractivity (Wildman–Crippen MR) is 80.7 cm³/mol. The number of thiazole rings is 1. The Hall–Kier alpha value is -1.39. The van der Waals surface area contributed by atoms with Crippen LogP contribution in [0.4, 0.5) is 0 Å². The molecule has 19 heavy (non-hydrogen) atoms. The van der Waals surface area contributed by atoms with Gasteiger partial charge < -0.3 is 10.1 Å². The van der Waals surface area contributed by atoms with Gasteiger partial charge in [0, 0.05) is 17.5 Å². The van der Waals surface area contributed by atoms with Crippen LogP contribution in [0.15, 0.2) is 29.6 Å². The molecule has 1 N–H and O–H groups in total. The van der Waals surface area contributed by atoms with Crippen molar-refractivity contribution in [2.24, 2.45) is 0 Å². The van der Waals surface area contributed by atoms with Crippen LogP contribution in [0.5, 0.6) is 5.75 Å². The second-order valence-electron chi connectivity index (χ2n) is 4.23. The van der Waals surface area contributed by atoms with Crippen molar-refractivity contribution in [3.63, 3.8) is 0 Å². The van der Waals surface area contributed by atoms with Crippen molar-refractivity contribution >= 4 is 11.3 Å². The predicted octanol–water partition coefficient (Wildman–Crippen LogP) is 3.71. The van der Waals surface area contributed by atoms with Gasteiger partial charge in [-0.3, -0.25) is 0 Å². The molecule has 0 amide bonds. The Morgan fingerprint density at radius 1 is 1.26 bits per heavy atom. The fourth-order valence-corrected chi connectivity index (χ4v) is 2.61. The third kappa shape index (κ3) is 3.78. The van der Waals surface area contributed by atoms with Gasteiger partial charge in [0.15, 0.2) is 0 Å². The van der Waals surface area contributed by atoms with Crippen LogP contribution in [-0.4, -0.2) is 18.1 Å². The number of nitrogens with zero attached hydrogens (tertiary/aromatic N) is 1. The highest BCUT2D eigenvalue weighted by atomic mass is 32.1. The molecule has 0 atom stereocenters. The van der Waals surface area contributed by atoms with Crippen molar-refractivity contribution < 1.29 is 4.74 Å². The molecule has 1 heterocycles. The van der Waals surface area contributed by atoms with Crippen LogP contribution in [0.25, 0.3) is 11.3 Å². The summed E-state index contributed by atoms with van der Waals surface area (Å²) in [5.74, 6) is 0.906. The molecule has 0 bridgehead atoms. The number of para-hydroxylation sites is 1. The van der Waals surface area contributed by atoms with E-state index in [1.165, 1.54) is 0 Å². The standard InChI is InChI=1S/C15H20N2OS/c1-3-9-16-10-15-17-13(11-19-15)12-7-5-6-8-14(12)18-4-2/h5-8,11,16H,3-4,9-10H2,1-2H3. The van der Waals surface area contributed by atoms with Crippen LogP contribution in [0, 0.1) is 0 Å². The summed E-state index contributed by atoms with van der Waals surface area (Å²) < 4.78 is 5.65. The fraction of sp³-hybridized carbons (Fsp3) is 0.400. The van der Waals surface area contributed by atoms with Gasteiger partial charge >= 0.3 is 0 Å².